The molecule has 0 spiro atoms. The van der Waals surface area contributed by atoms with Crippen LogP contribution in [0.3, 0.4) is 0 Å². The summed E-state index contributed by atoms with van der Waals surface area (Å²) in [5.41, 5.74) is 7.92. The van der Waals surface area contributed by atoms with Crippen molar-refractivity contribution in [3.8, 4) is 5.82 Å². The molecule has 2 N–H and O–H groups in total. The van der Waals surface area contributed by atoms with Crippen LogP contribution < -0.4 is 5.73 Å². The smallest absolute Gasteiger partial charge is 0.340 e. The number of nitrogen functional groups attached to an aromatic ring is 1. The minimum Gasteiger partial charge on any atom is -0.465 e. The maximum absolute atomic E-state index is 11.6. The fourth-order valence-corrected chi connectivity index (χ4v) is 1.94. The largest absolute Gasteiger partial charge is 0.465 e. The van der Waals surface area contributed by atoms with Crippen molar-refractivity contribution in [3.63, 3.8) is 0 Å². The Bertz CT molecular complexity index is 796. The van der Waals surface area contributed by atoms with E-state index in [4.69, 9.17) is 5.73 Å². The summed E-state index contributed by atoms with van der Waals surface area (Å²) in [4.78, 5) is 15.8. The molecule has 1 aromatic carbocycles. The van der Waals surface area contributed by atoms with Crippen molar-refractivity contribution in [1.29, 1.82) is 0 Å². The number of carbonyl (C=O) groups excluding carboxylic acids is 1. The average Bonchev–Trinajstić information content (AvgIpc) is 2.90. The zero-order valence-electron chi connectivity index (χ0n) is 10.6. The van der Waals surface area contributed by atoms with E-state index < -0.39 is 5.97 Å². The molecule has 0 amide bonds. The molecule has 3 aromatic rings. The Morgan fingerprint density at radius 3 is 2.90 bits per heavy atom. The van der Waals surface area contributed by atoms with E-state index >= 15 is 0 Å². The van der Waals surface area contributed by atoms with Crippen molar-refractivity contribution in [1.82, 2.24) is 20.0 Å². The van der Waals surface area contributed by atoms with E-state index in [1.165, 1.54) is 24.1 Å². The highest BCUT2D eigenvalue weighted by atomic mass is 16.5. The van der Waals surface area contributed by atoms with E-state index in [1.807, 2.05) is 24.3 Å². The second-order valence-corrected chi connectivity index (χ2v) is 4.08. The first-order valence-electron chi connectivity index (χ1n) is 5.86. The van der Waals surface area contributed by atoms with Gasteiger partial charge in [0.05, 0.1) is 23.9 Å². The molecule has 0 bridgehead atoms. The van der Waals surface area contributed by atoms with Crippen LogP contribution in [0.2, 0.25) is 0 Å². The number of hydrogen-bond donors (Lipinski definition) is 1. The molecule has 0 fully saturated rings. The van der Waals surface area contributed by atoms with E-state index in [0.717, 1.165) is 11.0 Å². The Morgan fingerprint density at radius 2 is 2.10 bits per heavy atom. The number of ether oxygens (including phenoxy) is 1. The SMILES string of the molecule is COC(=O)c1ccnc(-n2nnc3ccccc32)c1N. The predicted molar refractivity (Wildman–Crippen MR) is 72.4 cm³/mol. The zero-order valence-corrected chi connectivity index (χ0v) is 10.6. The van der Waals surface area contributed by atoms with Crippen LogP contribution in [0.4, 0.5) is 5.69 Å². The summed E-state index contributed by atoms with van der Waals surface area (Å²) in [6.45, 7) is 0. The molecule has 20 heavy (non-hydrogen) atoms. The van der Waals surface area contributed by atoms with E-state index in [0.29, 0.717) is 5.82 Å². The number of nitrogens with zero attached hydrogens (tertiary/aromatic N) is 4. The van der Waals surface area contributed by atoms with Gasteiger partial charge in [-0.3, -0.25) is 0 Å². The molecule has 100 valence electrons. The highest BCUT2D eigenvalue weighted by Gasteiger charge is 2.17. The van der Waals surface area contributed by atoms with Crippen LogP contribution in [0, 0.1) is 0 Å². The molecule has 0 aliphatic carbocycles. The van der Waals surface area contributed by atoms with Crippen LogP contribution in [-0.4, -0.2) is 33.1 Å². The maximum atomic E-state index is 11.6. The number of rotatable bonds is 2. The maximum Gasteiger partial charge on any atom is 0.340 e. The molecule has 0 aliphatic rings. The third kappa shape index (κ3) is 1.76. The van der Waals surface area contributed by atoms with Gasteiger partial charge in [-0.25, -0.2) is 9.78 Å². The van der Waals surface area contributed by atoms with Gasteiger partial charge in [0.1, 0.15) is 5.52 Å². The van der Waals surface area contributed by atoms with Gasteiger partial charge in [-0.1, -0.05) is 17.3 Å². The number of nitrogens with two attached hydrogens (primary N) is 1. The van der Waals surface area contributed by atoms with Gasteiger partial charge in [0.15, 0.2) is 5.82 Å². The number of hydrogen-bond acceptors (Lipinski definition) is 6. The van der Waals surface area contributed by atoms with Crippen LogP contribution in [-0.2, 0) is 4.74 Å². The Kier molecular flexibility index (Phi) is 2.79. The summed E-state index contributed by atoms with van der Waals surface area (Å²) in [6, 6.07) is 8.91. The van der Waals surface area contributed by atoms with Gasteiger partial charge in [-0.05, 0) is 18.2 Å². The predicted octanol–water partition coefficient (Wildman–Crippen LogP) is 1.18. The molecule has 0 aliphatic heterocycles. The summed E-state index contributed by atoms with van der Waals surface area (Å²) in [6.07, 6.45) is 1.48. The summed E-state index contributed by atoms with van der Waals surface area (Å²) in [5.74, 6) is -0.169. The number of anilines is 1. The highest BCUT2D eigenvalue weighted by Crippen LogP contribution is 2.22. The van der Waals surface area contributed by atoms with Crippen molar-refractivity contribution < 1.29 is 9.53 Å². The molecule has 0 saturated heterocycles. The lowest BCUT2D eigenvalue weighted by Crippen LogP contribution is -2.11. The molecule has 0 saturated carbocycles. The Labute approximate surface area is 114 Å². The quantitative estimate of drug-likeness (QED) is 0.702. The number of para-hydroxylation sites is 1. The molecule has 0 unspecified atom stereocenters. The molecule has 3 rings (SSSR count). The summed E-state index contributed by atoms with van der Waals surface area (Å²) in [7, 11) is 1.30. The minimum atomic E-state index is -0.518. The van der Waals surface area contributed by atoms with Crippen LogP contribution in [0.1, 0.15) is 10.4 Å². The lowest BCUT2D eigenvalue weighted by molar-refractivity contribution is 0.0602. The Morgan fingerprint density at radius 1 is 1.30 bits per heavy atom. The normalized spacial score (nSPS) is 10.7. The number of aromatic nitrogens is 4. The molecule has 7 nitrogen and oxygen atoms in total. The molecule has 7 heteroatoms. The summed E-state index contributed by atoms with van der Waals surface area (Å²) in [5, 5.41) is 8.06. The second kappa shape index (κ2) is 4.61. The highest BCUT2D eigenvalue weighted by molar-refractivity contribution is 5.96. The number of fused-ring (bicyclic) bond motifs is 1. The standard InChI is InChI=1S/C13H11N5O2/c1-20-13(19)8-6-7-15-12(11(8)14)18-10-5-3-2-4-9(10)16-17-18/h2-7H,14H2,1H3. The van der Waals surface area contributed by atoms with Crippen molar-refractivity contribution >= 4 is 22.7 Å². The first kappa shape index (κ1) is 12.1. The van der Waals surface area contributed by atoms with Crippen LogP contribution in [0.15, 0.2) is 36.5 Å². The number of methoxy groups -OCH3 is 1. The van der Waals surface area contributed by atoms with Gasteiger partial charge in [0, 0.05) is 6.20 Å². The fraction of sp³-hybridized carbons (Fsp3) is 0.0769. The van der Waals surface area contributed by atoms with Gasteiger partial charge >= 0.3 is 5.97 Å². The number of pyridine rings is 1. The van der Waals surface area contributed by atoms with Crippen molar-refractivity contribution in [2.75, 3.05) is 12.8 Å². The summed E-state index contributed by atoms with van der Waals surface area (Å²) >= 11 is 0. The molecule has 0 radical (unpaired) electrons. The van der Waals surface area contributed by atoms with Gasteiger partial charge < -0.3 is 10.5 Å². The lowest BCUT2D eigenvalue weighted by atomic mass is 10.2. The lowest BCUT2D eigenvalue weighted by Gasteiger charge is -2.08. The first-order chi connectivity index (χ1) is 9.72. The van der Waals surface area contributed by atoms with Crippen LogP contribution >= 0.6 is 0 Å². The van der Waals surface area contributed by atoms with E-state index in [-0.39, 0.29) is 11.3 Å². The van der Waals surface area contributed by atoms with Crippen molar-refractivity contribution in [3.05, 3.63) is 42.1 Å². The average molecular weight is 269 g/mol. The Balaban J connectivity index is 2.22. The van der Waals surface area contributed by atoms with Crippen molar-refractivity contribution in [2.24, 2.45) is 0 Å². The molecule has 0 atom stereocenters. The van der Waals surface area contributed by atoms with Gasteiger partial charge in [0.2, 0.25) is 0 Å². The van der Waals surface area contributed by atoms with E-state index in [2.05, 4.69) is 20.0 Å². The Hall–Kier alpha value is -2.96. The van der Waals surface area contributed by atoms with E-state index in [9.17, 15) is 4.79 Å². The number of carbonyl (C=O) groups is 1. The zero-order chi connectivity index (χ0) is 14.1. The topological polar surface area (TPSA) is 95.9 Å². The third-order valence-corrected chi connectivity index (χ3v) is 2.93. The molecule has 2 heterocycles. The number of benzene rings is 1. The van der Waals surface area contributed by atoms with Gasteiger partial charge in [-0.2, -0.15) is 4.68 Å². The number of esters is 1. The molecule has 2 aromatic heterocycles. The monoisotopic (exact) mass is 269 g/mol. The molecular formula is C13H11N5O2. The van der Waals surface area contributed by atoms with Crippen LogP contribution in [0.25, 0.3) is 16.9 Å². The fourth-order valence-electron chi connectivity index (χ4n) is 1.94. The first-order valence-corrected chi connectivity index (χ1v) is 5.86. The van der Waals surface area contributed by atoms with Crippen molar-refractivity contribution in [2.45, 2.75) is 0 Å². The second-order valence-electron chi connectivity index (χ2n) is 4.08. The van der Waals surface area contributed by atoms with E-state index in [1.54, 1.807) is 0 Å². The van der Waals surface area contributed by atoms with Gasteiger partial charge in [-0.15, -0.1) is 5.10 Å². The van der Waals surface area contributed by atoms with Crippen LogP contribution in [0.5, 0.6) is 0 Å². The summed E-state index contributed by atoms with van der Waals surface area (Å²) < 4.78 is 6.18. The molecular weight excluding hydrogens is 258 g/mol. The third-order valence-electron chi connectivity index (χ3n) is 2.93. The minimum absolute atomic E-state index is 0.204. The van der Waals surface area contributed by atoms with Gasteiger partial charge in [0.25, 0.3) is 0 Å².